The topological polar surface area (TPSA) is 89.5 Å². The molecule has 3 aromatic heterocycles. The summed E-state index contributed by atoms with van der Waals surface area (Å²) >= 11 is 0. The minimum Gasteiger partial charge on any atom is -0.354 e. The number of rotatable bonds is 16. The van der Waals surface area contributed by atoms with Crippen LogP contribution in [0.5, 0.6) is 0 Å². The van der Waals surface area contributed by atoms with Crippen LogP contribution < -0.4 is 15.8 Å². The molecule has 0 spiro atoms. The number of fused-ring (bicyclic) bond motifs is 3. The summed E-state index contributed by atoms with van der Waals surface area (Å²) in [4.78, 5) is 43.0. The number of aryl methyl sites for hydroxylation is 3. The van der Waals surface area contributed by atoms with Crippen molar-refractivity contribution < 1.29 is 4.79 Å². The summed E-state index contributed by atoms with van der Waals surface area (Å²) in [6, 6.07) is 10.7. The molecule has 6 aliphatic carbocycles. The first-order valence-corrected chi connectivity index (χ1v) is 27.0. The van der Waals surface area contributed by atoms with Crippen molar-refractivity contribution in [3.05, 3.63) is 81.0 Å². The highest BCUT2D eigenvalue weighted by molar-refractivity contribution is 6.09. The van der Waals surface area contributed by atoms with Crippen molar-refractivity contribution in [3.63, 3.8) is 0 Å². The van der Waals surface area contributed by atoms with Gasteiger partial charge in [0, 0.05) is 97.5 Å². The van der Waals surface area contributed by atoms with Gasteiger partial charge in [-0.2, -0.15) is 0 Å². The van der Waals surface area contributed by atoms with E-state index in [9.17, 15) is 9.59 Å². The number of aromatic amines is 1. The molecule has 7 fully saturated rings. The molecule has 1 saturated heterocycles. The van der Waals surface area contributed by atoms with Gasteiger partial charge in [-0.15, -0.1) is 0 Å². The van der Waals surface area contributed by atoms with Crippen LogP contribution in [0.25, 0.3) is 22.0 Å². The fourth-order valence-corrected chi connectivity index (χ4v) is 15.9. The summed E-state index contributed by atoms with van der Waals surface area (Å²) in [6.45, 7) is 24.5. The molecule has 7 aliphatic rings. The zero-order valence-electron chi connectivity index (χ0n) is 42.4. The van der Waals surface area contributed by atoms with E-state index in [2.05, 4.69) is 88.6 Å². The van der Waals surface area contributed by atoms with Crippen LogP contribution in [0.3, 0.4) is 0 Å². The molecular weight excluding hydrogens is 827 g/mol. The number of piperazine rings is 1. The lowest BCUT2D eigenvalue weighted by atomic mass is 9.49. The smallest absolute Gasteiger partial charge is 0.253 e. The van der Waals surface area contributed by atoms with E-state index in [1.165, 1.54) is 96.8 Å². The first kappa shape index (κ1) is 46.8. The van der Waals surface area contributed by atoms with Gasteiger partial charge in [-0.3, -0.25) is 14.5 Å². The number of nitrogens with zero attached hydrogens (tertiary/aromatic N) is 5. The third kappa shape index (κ3) is 9.94. The molecule has 4 heterocycles. The molecular formula is C58H83N7O2. The number of carbonyl (C=O) groups excluding carboxylic acids is 1. The molecule has 11 rings (SSSR count). The molecule has 6 saturated carbocycles. The molecule has 6 bridgehead atoms. The minimum atomic E-state index is -0.185. The molecule has 67 heavy (non-hydrogen) atoms. The molecule has 2 unspecified atom stereocenters. The van der Waals surface area contributed by atoms with E-state index in [1.807, 2.05) is 32.2 Å². The summed E-state index contributed by atoms with van der Waals surface area (Å²) < 4.78 is 2.26. The van der Waals surface area contributed by atoms with Gasteiger partial charge in [0.15, 0.2) is 0 Å². The molecule has 9 nitrogen and oxygen atoms in total. The summed E-state index contributed by atoms with van der Waals surface area (Å²) in [6.07, 6.45) is 25.0. The van der Waals surface area contributed by atoms with Gasteiger partial charge >= 0.3 is 0 Å². The number of pyridine rings is 2. The van der Waals surface area contributed by atoms with Crippen molar-refractivity contribution in [1.82, 2.24) is 29.7 Å². The number of hydrogen-bond acceptors (Lipinski definition) is 6. The SMILES string of the molecule is CCC1(CCN(CCN2CCN(c3ccc(-c4cc(C(=O)NCc5c(C)cc(C)[nH]c5=O)c5c(C)cn(C(C)C)c5c4)cn3)CC2)CCC23CC4CC(CC(C4)C2)C3)CC2CC(C)CC(C2)C1. The van der Waals surface area contributed by atoms with Gasteiger partial charge in [-0.1, -0.05) is 20.3 Å². The second kappa shape index (κ2) is 19.1. The predicted molar refractivity (Wildman–Crippen MR) is 275 cm³/mol. The van der Waals surface area contributed by atoms with Crippen molar-refractivity contribution in [2.24, 2.45) is 46.3 Å². The third-order valence-electron chi connectivity index (χ3n) is 18.8. The number of H-pyrrole nitrogens is 1. The van der Waals surface area contributed by atoms with Crippen LogP contribution >= 0.6 is 0 Å². The van der Waals surface area contributed by atoms with Gasteiger partial charge in [-0.25, -0.2) is 4.98 Å². The highest BCUT2D eigenvalue weighted by Gasteiger charge is 2.50. The molecule has 2 N–H and O–H groups in total. The summed E-state index contributed by atoms with van der Waals surface area (Å²) in [5, 5.41) is 4.04. The van der Waals surface area contributed by atoms with Crippen LogP contribution in [0.15, 0.2) is 47.5 Å². The first-order chi connectivity index (χ1) is 32.2. The molecule has 1 aliphatic heterocycles. The number of amides is 1. The normalized spacial score (nSPS) is 29.4. The lowest BCUT2D eigenvalue weighted by Crippen LogP contribution is -2.50. The Morgan fingerprint density at radius 3 is 2.09 bits per heavy atom. The zero-order chi connectivity index (χ0) is 46.6. The summed E-state index contributed by atoms with van der Waals surface area (Å²) in [5.74, 6) is 6.82. The van der Waals surface area contributed by atoms with Gasteiger partial charge in [0.1, 0.15) is 5.82 Å². The number of nitrogens with one attached hydrogen (secondary N) is 2. The standard InChI is InChI=1S/C58H83N7O2/c1-8-57(30-43-21-39(4)22-44(24-43)31-57)11-13-62(14-12-58-32-45-25-46(33-58)27-47(26-45)34-58)15-16-63-17-19-64(20-18-63)53-10-9-48(35-59-53)49-28-50(54-41(6)37-65(38(2)3)52(54)29-49)55(66)60-36-51-40(5)23-42(7)61-56(51)67/h9-10,23,28-29,35,37-39,43-47H,8,11-22,24-27,30-34,36H2,1-7H3,(H,60,66)(H,61,67). The second-order valence-corrected chi connectivity index (χ2v) is 24.2. The van der Waals surface area contributed by atoms with Gasteiger partial charge in [0.05, 0.1) is 0 Å². The van der Waals surface area contributed by atoms with Gasteiger partial charge in [0.25, 0.3) is 11.5 Å². The fourth-order valence-electron chi connectivity index (χ4n) is 15.9. The molecule has 2 atom stereocenters. The van der Waals surface area contributed by atoms with E-state index >= 15 is 0 Å². The van der Waals surface area contributed by atoms with Crippen LogP contribution in [-0.4, -0.2) is 82.6 Å². The molecule has 9 heteroatoms. The van der Waals surface area contributed by atoms with Crippen LogP contribution in [-0.2, 0) is 6.54 Å². The Balaban J connectivity index is 0.791. The average Bonchev–Trinajstić information content (AvgIpc) is 3.63. The van der Waals surface area contributed by atoms with Crippen molar-refractivity contribution in [2.45, 2.75) is 151 Å². The lowest BCUT2D eigenvalue weighted by molar-refractivity contribution is -0.0619. The Labute approximate surface area is 402 Å². The maximum Gasteiger partial charge on any atom is 0.253 e. The Morgan fingerprint density at radius 2 is 1.48 bits per heavy atom. The zero-order valence-corrected chi connectivity index (χ0v) is 42.4. The van der Waals surface area contributed by atoms with Crippen molar-refractivity contribution in [1.29, 1.82) is 0 Å². The van der Waals surface area contributed by atoms with Gasteiger partial charge in [-0.05, 0) is 225 Å². The summed E-state index contributed by atoms with van der Waals surface area (Å²) in [5.41, 5.74) is 7.98. The second-order valence-electron chi connectivity index (χ2n) is 24.2. The Kier molecular flexibility index (Phi) is 13.3. The van der Waals surface area contributed by atoms with E-state index in [4.69, 9.17) is 4.98 Å². The highest BCUT2D eigenvalue weighted by Crippen LogP contribution is 2.61. The molecule has 4 aromatic rings. The average molecular weight is 910 g/mol. The maximum absolute atomic E-state index is 14.1. The van der Waals surface area contributed by atoms with Gasteiger partial charge in [0.2, 0.25) is 0 Å². The Bertz CT molecular complexity index is 2400. The van der Waals surface area contributed by atoms with E-state index < -0.39 is 0 Å². The van der Waals surface area contributed by atoms with Gasteiger partial charge < -0.3 is 24.7 Å². The number of benzene rings is 1. The number of anilines is 1. The quantitative estimate of drug-likeness (QED) is 0.116. The predicted octanol–water partition coefficient (Wildman–Crippen LogP) is 11.5. The maximum atomic E-state index is 14.1. The van der Waals surface area contributed by atoms with E-state index in [1.54, 1.807) is 19.3 Å². The number of aromatic nitrogens is 3. The summed E-state index contributed by atoms with van der Waals surface area (Å²) in [7, 11) is 0. The number of carbonyl (C=O) groups is 1. The molecule has 362 valence electrons. The van der Waals surface area contributed by atoms with Crippen LogP contribution in [0.2, 0.25) is 0 Å². The molecule has 0 radical (unpaired) electrons. The van der Waals surface area contributed by atoms with Crippen LogP contribution in [0, 0.1) is 67.1 Å². The lowest BCUT2D eigenvalue weighted by Gasteiger charge is -2.57. The van der Waals surface area contributed by atoms with E-state index in [-0.39, 0.29) is 24.1 Å². The van der Waals surface area contributed by atoms with Crippen LogP contribution in [0.4, 0.5) is 5.82 Å². The van der Waals surface area contributed by atoms with E-state index in [0.717, 1.165) is 106 Å². The van der Waals surface area contributed by atoms with Crippen molar-refractivity contribution >= 4 is 22.6 Å². The fraction of sp³-hybridized carbons (Fsp3) is 0.672. The Morgan fingerprint density at radius 1 is 0.821 bits per heavy atom. The number of hydrogen-bond donors (Lipinski definition) is 2. The largest absolute Gasteiger partial charge is 0.354 e. The monoisotopic (exact) mass is 910 g/mol. The minimum absolute atomic E-state index is 0.156. The van der Waals surface area contributed by atoms with Crippen molar-refractivity contribution in [2.75, 3.05) is 57.3 Å². The Hall–Kier alpha value is -3.95. The molecule has 1 aromatic carbocycles. The van der Waals surface area contributed by atoms with Crippen LogP contribution in [0.1, 0.15) is 156 Å². The van der Waals surface area contributed by atoms with E-state index in [0.29, 0.717) is 22.0 Å². The van der Waals surface area contributed by atoms with Crippen molar-refractivity contribution in [3.8, 4) is 11.1 Å². The highest BCUT2D eigenvalue weighted by atomic mass is 16.2. The third-order valence-corrected chi connectivity index (χ3v) is 18.8. The molecule has 1 amide bonds. The first-order valence-electron chi connectivity index (χ1n) is 27.0.